The van der Waals surface area contributed by atoms with E-state index in [0.29, 0.717) is 0 Å². The van der Waals surface area contributed by atoms with Crippen LogP contribution in [0.25, 0.3) is 50.1 Å². The lowest BCUT2D eigenvalue weighted by molar-refractivity contribution is 0.473. The first-order chi connectivity index (χ1) is 18.2. The van der Waals surface area contributed by atoms with Gasteiger partial charge in [0, 0.05) is 33.8 Å². The van der Waals surface area contributed by atoms with E-state index in [0.717, 1.165) is 61.3 Å². The highest BCUT2D eigenvalue weighted by molar-refractivity contribution is 6.08. The molecule has 6 rings (SSSR count). The van der Waals surface area contributed by atoms with Crippen LogP contribution in [0.5, 0.6) is 5.75 Å². The average molecular weight is 498 g/mol. The maximum atomic E-state index is 10.9. The summed E-state index contributed by atoms with van der Waals surface area (Å²) in [6, 6.07) is 29.3. The van der Waals surface area contributed by atoms with Crippen LogP contribution in [0.15, 0.2) is 91.1 Å². The number of aromatic hydroxyl groups is 1. The Bertz CT molecular complexity index is 1830. The fourth-order valence-electron chi connectivity index (χ4n) is 5.26. The number of pyridine rings is 2. The number of rotatable bonds is 3. The van der Waals surface area contributed by atoms with E-state index in [4.69, 9.17) is 4.98 Å². The Hall–Kier alpha value is -4.44. The van der Waals surface area contributed by atoms with Crippen LogP contribution in [-0.4, -0.2) is 19.6 Å². The van der Waals surface area contributed by atoms with E-state index in [-0.39, 0.29) is 11.2 Å². The minimum Gasteiger partial charge on any atom is -0.507 e. The van der Waals surface area contributed by atoms with Crippen LogP contribution in [0.2, 0.25) is 0 Å². The zero-order valence-corrected chi connectivity index (χ0v) is 22.4. The third-order valence-corrected chi connectivity index (χ3v) is 7.25. The van der Waals surface area contributed by atoms with E-state index in [1.165, 1.54) is 5.56 Å². The number of aryl methyl sites for hydroxylation is 2. The van der Waals surface area contributed by atoms with Crippen molar-refractivity contribution in [1.82, 2.24) is 14.5 Å². The lowest BCUT2D eigenvalue weighted by Gasteiger charge is -2.22. The van der Waals surface area contributed by atoms with Gasteiger partial charge in [-0.1, -0.05) is 51.1 Å². The molecule has 0 amide bonds. The van der Waals surface area contributed by atoms with Gasteiger partial charge in [0.1, 0.15) is 11.4 Å². The maximum Gasteiger partial charge on any atom is 0.146 e. The monoisotopic (exact) mass is 497 g/mol. The lowest BCUT2D eigenvalue weighted by Crippen LogP contribution is -2.12. The third kappa shape index (κ3) is 4.03. The summed E-state index contributed by atoms with van der Waals surface area (Å²) in [5.41, 5.74) is 9.62. The summed E-state index contributed by atoms with van der Waals surface area (Å²) in [6.07, 6.45) is 1.84. The predicted molar refractivity (Wildman–Crippen MR) is 157 cm³/mol. The van der Waals surface area contributed by atoms with E-state index in [9.17, 15) is 5.11 Å². The summed E-state index contributed by atoms with van der Waals surface area (Å²) in [6.45, 7) is 10.7. The van der Waals surface area contributed by atoms with Crippen molar-refractivity contribution in [1.29, 1.82) is 0 Å². The smallest absolute Gasteiger partial charge is 0.146 e. The summed E-state index contributed by atoms with van der Waals surface area (Å²) in [5.74, 6) is 0.275. The largest absolute Gasteiger partial charge is 0.507 e. The normalized spacial score (nSPS) is 11.9. The van der Waals surface area contributed by atoms with Crippen LogP contribution in [0.4, 0.5) is 0 Å². The van der Waals surface area contributed by atoms with Gasteiger partial charge in [-0.2, -0.15) is 0 Å². The van der Waals surface area contributed by atoms with E-state index in [1.54, 1.807) is 0 Å². The fraction of sp³-hybridized carbons (Fsp3) is 0.176. The quantitative estimate of drug-likeness (QED) is 0.267. The number of hydrogen-bond acceptors (Lipinski definition) is 3. The Labute approximate surface area is 223 Å². The first-order valence-electron chi connectivity index (χ1n) is 13.0. The van der Waals surface area contributed by atoms with Gasteiger partial charge in [0.15, 0.2) is 0 Å². The maximum absolute atomic E-state index is 10.9. The summed E-state index contributed by atoms with van der Waals surface area (Å²) in [5, 5.41) is 13.1. The molecule has 0 saturated heterocycles. The Balaban J connectivity index is 1.68. The Morgan fingerprint density at radius 1 is 0.763 bits per heavy atom. The Kier molecular flexibility index (Phi) is 5.57. The molecular formula is C34H31N3O. The molecule has 0 aliphatic rings. The van der Waals surface area contributed by atoms with Crippen LogP contribution < -0.4 is 0 Å². The molecule has 0 fully saturated rings. The lowest BCUT2D eigenvalue weighted by atomic mass is 9.85. The molecule has 3 aromatic carbocycles. The molecule has 0 unspecified atom stereocenters. The molecule has 4 nitrogen and oxygen atoms in total. The van der Waals surface area contributed by atoms with E-state index in [1.807, 2.05) is 50.4 Å². The van der Waals surface area contributed by atoms with Gasteiger partial charge in [-0.3, -0.25) is 9.55 Å². The van der Waals surface area contributed by atoms with Gasteiger partial charge in [0.2, 0.25) is 0 Å². The van der Waals surface area contributed by atoms with Crippen molar-refractivity contribution in [2.45, 2.75) is 40.0 Å². The highest BCUT2D eigenvalue weighted by Gasteiger charge is 2.20. The summed E-state index contributed by atoms with van der Waals surface area (Å²) in [4.78, 5) is 9.83. The van der Waals surface area contributed by atoms with Crippen molar-refractivity contribution in [3.05, 3.63) is 108 Å². The van der Waals surface area contributed by atoms with Crippen LogP contribution in [-0.2, 0) is 5.41 Å². The first kappa shape index (κ1) is 23.9. The zero-order chi connectivity index (χ0) is 26.6. The number of phenolic OH excluding ortho intramolecular Hbond substituents is 1. The van der Waals surface area contributed by atoms with Crippen molar-refractivity contribution in [2.75, 3.05) is 0 Å². The van der Waals surface area contributed by atoms with E-state index >= 15 is 0 Å². The molecule has 0 radical (unpaired) electrons. The van der Waals surface area contributed by atoms with Crippen molar-refractivity contribution in [2.24, 2.45) is 0 Å². The molecule has 188 valence electrons. The average Bonchev–Trinajstić information content (AvgIpc) is 3.24. The highest BCUT2D eigenvalue weighted by Crippen LogP contribution is 2.38. The van der Waals surface area contributed by atoms with Crippen LogP contribution in [0.3, 0.4) is 0 Å². The zero-order valence-electron chi connectivity index (χ0n) is 22.4. The molecule has 0 aliphatic heterocycles. The number of para-hydroxylation sites is 1. The highest BCUT2D eigenvalue weighted by atomic mass is 16.3. The Morgan fingerprint density at radius 2 is 1.55 bits per heavy atom. The molecule has 0 aliphatic carbocycles. The van der Waals surface area contributed by atoms with Gasteiger partial charge in [-0.25, -0.2) is 4.98 Å². The second-order valence-electron chi connectivity index (χ2n) is 11.1. The molecule has 3 heterocycles. The first-order valence-corrected chi connectivity index (χ1v) is 13.0. The molecule has 0 bridgehead atoms. The Morgan fingerprint density at radius 3 is 2.32 bits per heavy atom. The molecule has 0 atom stereocenters. The SMILES string of the molecule is Cc1cc(C)c(O)c(-c2ccc3c4ccccc4n(-c4cc(-c5ccccn5)cc(C(C)(C)C)c4)c3n2)c1. The molecule has 0 saturated carbocycles. The molecule has 4 heteroatoms. The number of fused-ring (bicyclic) bond motifs is 3. The molecule has 38 heavy (non-hydrogen) atoms. The summed E-state index contributed by atoms with van der Waals surface area (Å²) < 4.78 is 2.25. The topological polar surface area (TPSA) is 50.9 Å². The number of phenols is 1. The van der Waals surface area contributed by atoms with Gasteiger partial charge in [0.25, 0.3) is 0 Å². The van der Waals surface area contributed by atoms with Gasteiger partial charge >= 0.3 is 0 Å². The molecule has 3 aromatic heterocycles. The number of benzene rings is 3. The second-order valence-corrected chi connectivity index (χ2v) is 11.1. The van der Waals surface area contributed by atoms with Crippen molar-refractivity contribution < 1.29 is 5.11 Å². The summed E-state index contributed by atoms with van der Waals surface area (Å²) in [7, 11) is 0. The minimum absolute atomic E-state index is 0.0538. The van der Waals surface area contributed by atoms with Gasteiger partial charge < -0.3 is 5.11 Å². The van der Waals surface area contributed by atoms with Gasteiger partial charge in [0.05, 0.1) is 16.9 Å². The van der Waals surface area contributed by atoms with E-state index < -0.39 is 0 Å². The molecule has 6 aromatic rings. The van der Waals surface area contributed by atoms with Crippen LogP contribution in [0, 0.1) is 13.8 Å². The van der Waals surface area contributed by atoms with Crippen molar-refractivity contribution >= 4 is 21.9 Å². The van der Waals surface area contributed by atoms with Crippen LogP contribution in [0.1, 0.15) is 37.5 Å². The molecule has 0 spiro atoms. The number of nitrogens with zero attached hydrogens (tertiary/aromatic N) is 3. The number of aromatic nitrogens is 3. The summed E-state index contributed by atoms with van der Waals surface area (Å²) >= 11 is 0. The van der Waals surface area contributed by atoms with Crippen LogP contribution >= 0.6 is 0 Å². The molecular weight excluding hydrogens is 466 g/mol. The number of hydrogen-bond donors (Lipinski definition) is 1. The fourth-order valence-corrected chi connectivity index (χ4v) is 5.26. The standard InChI is InChI=1S/C34H31N3O/c1-21-16-22(2)32(38)28(17-21)30-14-13-27-26-10-6-7-12-31(26)37(33(27)36-30)25-19-23(29-11-8-9-15-35-29)18-24(20-25)34(3,4)5/h6-20,38H,1-5H3. The van der Waals surface area contributed by atoms with Gasteiger partial charge in [-0.15, -0.1) is 0 Å². The van der Waals surface area contributed by atoms with Crippen molar-refractivity contribution in [3.8, 4) is 34.0 Å². The second kappa shape index (κ2) is 8.84. The minimum atomic E-state index is -0.0538. The predicted octanol–water partition coefficient (Wildman–Crippen LogP) is 8.53. The van der Waals surface area contributed by atoms with E-state index in [2.05, 4.69) is 84.9 Å². The van der Waals surface area contributed by atoms with Crippen molar-refractivity contribution in [3.63, 3.8) is 0 Å². The van der Waals surface area contributed by atoms with Gasteiger partial charge in [-0.05, 0) is 90.6 Å². The third-order valence-electron chi connectivity index (χ3n) is 7.25. The molecule has 1 N–H and O–H groups in total.